The molecule has 28 heavy (non-hydrogen) atoms. The van der Waals surface area contributed by atoms with Crippen molar-refractivity contribution in [1.29, 1.82) is 0 Å². The zero-order valence-electron chi connectivity index (χ0n) is 15.8. The van der Waals surface area contributed by atoms with Crippen LogP contribution in [0.1, 0.15) is 28.8 Å². The Morgan fingerprint density at radius 2 is 1.82 bits per heavy atom. The molecule has 6 heteroatoms. The van der Waals surface area contributed by atoms with E-state index in [2.05, 4.69) is 6.07 Å². The number of amides is 2. The van der Waals surface area contributed by atoms with Crippen LogP contribution in [0.15, 0.2) is 48.5 Å². The van der Waals surface area contributed by atoms with E-state index >= 15 is 0 Å². The summed E-state index contributed by atoms with van der Waals surface area (Å²) in [5, 5.41) is 0. The molecule has 2 heterocycles. The number of benzene rings is 2. The summed E-state index contributed by atoms with van der Waals surface area (Å²) < 4.78 is 4.70. The number of carbonyl (C=O) groups excluding carboxylic acids is 3. The highest BCUT2D eigenvalue weighted by atomic mass is 16.5. The van der Waals surface area contributed by atoms with Crippen LogP contribution in [0.25, 0.3) is 0 Å². The smallest absolute Gasteiger partial charge is 0.337 e. The van der Waals surface area contributed by atoms with Gasteiger partial charge in [0.2, 0.25) is 11.8 Å². The first-order valence-corrected chi connectivity index (χ1v) is 9.46. The number of carbonyl (C=O) groups is 3. The number of aryl methyl sites for hydroxylation is 1. The predicted molar refractivity (Wildman–Crippen MR) is 105 cm³/mol. The summed E-state index contributed by atoms with van der Waals surface area (Å²) in [5.41, 5.74) is 3.26. The normalized spacial score (nSPS) is 18.8. The zero-order chi connectivity index (χ0) is 19.7. The van der Waals surface area contributed by atoms with E-state index in [0.717, 1.165) is 18.5 Å². The lowest BCUT2D eigenvalue weighted by atomic mass is 9.99. The Labute approximate surface area is 163 Å². The Morgan fingerprint density at radius 3 is 2.57 bits per heavy atom. The van der Waals surface area contributed by atoms with Gasteiger partial charge >= 0.3 is 5.97 Å². The van der Waals surface area contributed by atoms with Crippen molar-refractivity contribution in [2.75, 3.05) is 30.0 Å². The first-order valence-electron chi connectivity index (χ1n) is 9.46. The van der Waals surface area contributed by atoms with Crippen molar-refractivity contribution < 1.29 is 19.1 Å². The third-order valence-corrected chi connectivity index (χ3v) is 5.45. The number of para-hydroxylation sites is 1. The summed E-state index contributed by atoms with van der Waals surface area (Å²) in [5.74, 6) is -0.848. The van der Waals surface area contributed by atoms with Gasteiger partial charge in [0.15, 0.2) is 0 Å². The molecule has 1 atom stereocenters. The summed E-state index contributed by atoms with van der Waals surface area (Å²) in [7, 11) is 1.33. The van der Waals surface area contributed by atoms with Crippen molar-refractivity contribution >= 4 is 29.2 Å². The fourth-order valence-electron chi connectivity index (χ4n) is 4.00. The molecule has 2 aliphatic rings. The Morgan fingerprint density at radius 1 is 1.07 bits per heavy atom. The Kier molecular flexibility index (Phi) is 4.86. The van der Waals surface area contributed by atoms with Crippen molar-refractivity contribution in [3.05, 3.63) is 59.7 Å². The molecule has 2 amide bonds. The van der Waals surface area contributed by atoms with Crippen LogP contribution in [0, 0.1) is 5.92 Å². The zero-order valence-corrected chi connectivity index (χ0v) is 15.8. The van der Waals surface area contributed by atoms with Gasteiger partial charge in [-0.2, -0.15) is 0 Å². The van der Waals surface area contributed by atoms with Crippen molar-refractivity contribution in [2.24, 2.45) is 5.92 Å². The predicted octanol–water partition coefficient (Wildman–Crippen LogP) is 2.81. The van der Waals surface area contributed by atoms with Crippen LogP contribution in [0.5, 0.6) is 0 Å². The average Bonchev–Trinajstić information content (AvgIpc) is 3.14. The van der Waals surface area contributed by atoms with E-state index in [1.54, 1.807) is 29.2 Å². The van der Waals surface area contributed by atoms with E-state index in [1.807, 2.05) is 23.1 Å². The van der Waals surface area contributed by atoms with Gasteiger partial charge in [0, 0.05) is 30.9 Å². The average molecular weight is 378 g/mol. The third-order valence-electron chi connectivity index (χ3n) is 5.45. The van der Waals surface area contributed by atoms with Crippen molar-refractivity contribution in [3.63, 3.8) is 0 Å². The van der Waals surface area contributed by atoms with Gasteiger partial charge in [0.05, 0.1) is 18.6 Å². The standard InChI is InChI=1S/C22H22N2O4/c1-28-22(27)16-8-10-18(11-9-16)24-14-17(13-20(24)25)21(26)23-12-4-6-15-5-2-3-7-19(15)23/h2-3,5,7-11,17H,4,6,12-14H2,1H3. The lowest BCUT2D eigenvalue weighted by Crippen LogP contribution is -2.40. The van der Waals surface area contributed by atoms with E-state index in [-0.39, 0.29) is 24.2 Å². The molecule has 1 fully saturated rings. The summed E-state index contributed by atoms with van der Waals surface area (Å²) >= 11 is 0. The second kappa shape index (κ2) is 7.46. The van der Waals surface area contributed by atoms with E-state index in [4.69, 9.17) is 4.74 Å². The maximum Gasteiger partial charge on any atom is 0.337 e. The maximum atomic E-state index is 13.2. The molecule has 1 saturated heterocycles. The molecule has 6 nitrogen and oxygen atoms in total. The minimum atomic E-state index is -0.420. The number of hydrogen-bond donors (Lipinski definition) is 0. The van der Waals surface area contributed by atoms with E-state index in [1.165, 1.54) is 12.7 Å². The molecule has 0 saturated carbocycles. The highest BCUT2D eigenvalue weighted by molar-refractivity contribution is 6.05. The number of methoxy groups -OCH3 is 1. The molecule has 0 aromatic heterocycles. The minimum Gasteiger partial charge on any atom is -0.465 e. The molecule has 2 aromatic carbocycles. The molecule has 2 aliphatic heterocycles. The largest absolute Gasteiger partial charge is 0.465 e. The number of rotatable bonds is 3. The third kappa shape index (κ3) is 3.26. The SMILES string of the molecule is COC(=O)c1ccc(N2CC(C(=O)N3CCCc4ccccc43)CC2=O)cc1. The van der Waals surface area contributed by atoms with Gasteiger partial charge in [-0.1, -0.05) is 18.2 Å². The van der Waals surface area contributed by atoms with Crippen LogP contribution in [0.2, 0.25) is 0 Å². The molecule has 0 bridgehead atoms. The van der Waals surface area contributed by atoms with E-state index in [9.17, 15) is 14.4 Å². The molecule has 2 aromatic rings. The Balaban J connectivity index is 1.51. The number of nitrogens with zero attached hydrogens (tertiary/aromatic N) is 2. The highest BCUT2D eigenvalue weighted by Crippen LogP contribution is 2.32. The van der Waals surface area contributed by atoms with Gasteiger partial charge in [-0.15, -0.1) is 0 Å². The minimum absolute atomic E-state index is 0.00850. The van der Waals surface area contributed by atoms with Crippen molar-refractivity contribution in [1.82, 2.24) is 0 Å². The molecular weight excluding hydrogens is 356 g/mol. The Bertz CT molecular complexity index is 922. The quantitative estimate of drug-likeness (QED) is 0.771. The molecule has 0 N–H and O–H groups in total. The molecule has 0 aliphatic carbocycles. The summed E-state index contributed by atoms with van der Waals surface area (Å²) in [6.07, 6.45) is 2.11. The Hall–Kier alpha value is -3.15. The van der Waals surface area contributed by atoms with Crippen LogP contribution in [-0.2, 0) is 20.7 Å². The number of ether oxygens (including phenoxy) is 1. The molecule has 0 radical (unpaired) electrons. The second-order valence-corrected chi connectivity index (χ2v) is 7.17. The van der Waals surface area contributed by atoms with Gasteiger partial charge in [-0.05, 0) is 48.7 Å². The van der Waals surface area contributed by atoms with Gasteiger partial charge in [-0.25, -0.2) is 4.79 Å². The molecule has 4 rings (SSSR count). The first-order chi connectivity index (χ1) is 13.6. The van der Waals surface area contributed by atoms with Crippen LogP contribution >= 0.6 is 0 Å². The van der Waals surface area contributed by atoms with Gasteiger partial charge in [0.1, 0.15) is 0 Å². The fourth-order valence-corrected chi connectivity index (χ4v) is 4.00. The van der Waals surface area contributed by atoms with E-state index < -0.39 is 5.97 Å². The number of fused-ring (bicyclic) bond motifs is 1. The molecule has 1 unspecified atom stereocenters. The molecular formula is C22H22N2O4. The maximum absolute atomic E-state index is 13.2. The van der Waals surface area contributed by atoms with Gasteiger partial charge in [-0.3, -0.25) is 9.59 Å². The summed E-state index contributed by atoms with van der Waals surface area (Å²) in [6.45, 7) is 1.04. The van der Waals surface area contributed by atoms with Crippen molar-refractivity contribution in [3.8, 4) is 0 Å². The lowest BCUT2D eigenvalue weighted by molar-refractivity contribution is -0.124. The van der Waals surface area contributed by atoms with Crippen LogP contribution in [-0.4, -0.2) is 38.0 Å². The van der Waals surface area contributed by atoms with Crippen LogP contribution in [0.4, 0.5) is 11.4 Å². The van der Waals surface area contributed by atoms with Gasteiger partial charge in [0.25, 0.3) is 0 Å². The summed E-state index contributed by atoms with van der Waals surface area (Å²) in [4.78, 5) is 40.7. The van der Waals surface area contributed by atoms with Crippen LogP contribution in [0.3, 0.4) is 0 Å². The first kappa shape index (κ1) is 18.2. The second-order valence-electron chi connectivity index (χ2n) is 7.17. The lowest BCUT2D eigenvalue weighted by Gasteiger charge is -2.31. The monoisotopic (exact) mass is 378 g/mol. The topological polar surface area (TPSA) is 66.9 Å². The van der Waals surface area contributed by atoms with Crippen molar-refractivity contribution in [2.45, 2.75) is 19.3 Å². The number of esters is 1. The highest BCUT2D eigenvalue weighted by Gasteiger charge is 2.38. The molecule has 144 valence electrons. The fraction of sp³-hybridized carbons (Fsp3) is 0.318. The number of hydrogen-bond acceptors (Lipinski definition) is 4. The molecule has 0 spiro atoms. The van der Waals surface area contributed by atoms with Gasteiger partial charge < -0.3 is 14.5 Å². The summed E-state index contributed by atoms with van der Waals surface area (Å²) in [6, 6.07) is 14.7. The van der Waals surface area contributed by atoms with Crippen LogP contribution < -0.4 is 9.80 Å². The van der Waals surface area contributed by atoms with E-state index in [0.29, 0.717) is 24.3 Å². The number of anilines is 2.